The molecule has 0 bridgehead atoms. The zero-order valence-electron chi connectivity index (χ0n) is 10.0. The summed E-state index contributed by atoms with van der Waals surface area (Å²) in [7, 11) is 1.14. The number of aliphatic hydroxyl groups is 1. The number of imide groups is 1. The number of likely N-dealkylation sites (tertiary alicyclic amines) is 1. The van der Waals surface area contributed by atoms with Crippen molar-refractivity contribution in [2.24, 2.45) is 11.8 Å². The number of aliphatic hydroxyl groups excluding tert-OH is 1. The van der Waals surface area contributed by atoms with Crippen LogP contribution < -0.4 is 0 Å². The second-order valence-electron chi connectivity index (χ2n) is 4.48. The predicted octanol–water partition coefficient (Wildman–Crippen LogP) is -0.529. The highest BCUT2D eigenvalue weighted by atomic mass is 16.5. The summed E-state index contributed by atoms with van der Waals surface area (Å²) in [5.74, 6) is -2.14. The van der Waals surface area contributed by atoms with Crippen molar-refractivity contribution in [1.82, 2.24) is 4.90 Å². The van der Waals surface area contributed by atoms with Gasteiger partial charge in [-0.15, -0.1) is 0 Å². The van der Waals surface area contributed by atoms with Crippen molar-refractivity contribution < 1.29 is 24.2 Å². The van der Waals surface area contributed by atoms with E-state index in [1.165, 1.54) is 0 Å². The number of allylic oxidation sites excluding steroid dienone is 2. The molecule has 0 aromatic rings. The zero-order valence-corrected chi connectivity index (χ0v) is 10.0. The predicted molar refractivity (Wildman–Crippen MR) is 60.1 cm³/mol. The van der Waals surface area contributed by atoms with Crippen LogP contribution in [0.2, 0.25) is 0 Å². The molecule has 1 saturated heterocycles. The zero-order chi connectivity index (χ0) is 13.3. The summed E-state index contributed by atoms with van der Waals surface area (Å²) >= 11 is 0. The van der Waals surface area contributed by atoms with E-state index in [1.807, 2.05) is 12.2 Å². The summed E-state index contributed by atoms with van der Waals surface area (Å²) in [5, 5.41) is 9.51. The number of hydrogen-bond acceptors (Lipinski definition) is 5. The molecule has 1 aliphatic carbocycles. The van der Waals surface area contributed by atoms with Crippen LogP contribution in [0.4, 0.5) is 0 Å². The lowest BCUT2D eigenvalue weighted by Crippen LogP contribution is -2.41. The Morgan fingerprint density at radius 1 is 1.39 bits per heavy atom. The van der Waals surface area contributed by atoms with E-state index in [-0.39, 0.29) is 30.2 Å². The van der Waals surface area contributed by atoms with Gasteiger partial charge in [0.2, 0.25) is 11.8 Å². The van der Waals surface area contributed by atoms with E-state index in [4.69, 9.17) is 0 Å². The van der Waals surface area contributed by atoms with Crippen molar-refractivity contribution in [1.29, 1.82) is 0 Å². The molecule has 6 nitrogen and oxygen atoms in total. The molecule has 0 spiro atoms. The molecule has 1 heterocycles. The van der Waals surface area contributed by atoms with Gasteiger partial charge in [-0.3, -0.25) is 14.5 Å². The average Bonchev–Trinajstić information content (AvgIpc) is 2.63. The van der Waals surface area contributed by atoms with Gasteiger partial charge in [-0.2, -0.15) is 0 Å². The Bertz CT molecular complexity index is 391. The molecule has 1 fully saturated rings. The maximum absolute atomic E-state index is 12.0. The molecule has 3 atom stereocenters. The number of nitrogens with zero attached hydrogens (tertiary/aromatic N) is 1. The number of amides is 2. The number of β-amino-alcohol motifs (C(OH)–C–C–N with tert-alkyl or cyclic N) is 1. The number of methoxy groups -OCH3 is 1. The van der Waals surface area contributed by atoms with Crippen LogP contribution in [0, 0.1) is 11.8 Å². The van der Waals surface area contributed by atoms with Gasteiger partial charge < -0.3 is 9.84 Å². The normalized spacial score (nSPS) is 28.2. The summed E-state index contributed by atoms with van der Waals surface area (Å²) in [6.07, 6.45) is 3.37. The van der Waals surface area contributed by atoms with E-state index in [2.05, 4.69) is 4.74 Å². The number of hydrogen-bond donors (Lipinski definition) is 1. The molecule has 6 heteroatoms. The Morgan fingerprint density at radius 2 is 1.89 bits per heavy atom. The molecule has 0 aromatic carbocycles. The Hall–Kier alpha value is -1.69. The van der Waals surface area contributed by atoms with E-state index in [0.29, 0.717) is 12.8 Å². The van der Waals surface area contributed by atoms with Gasteiger partial charge in [0, 0.05) is 0 Å². The first kappa shape index (κ1) is 12.8. The van der Waals surface area contributed by atoms with Crippen LogP contribution in [0.5, 0.6) is 0 Å². The first-order valence-electron chi connectivity index (χ1n) is 5.82. The minimum Gasteiger partial charge on any atom is -0.467 e. The molecule has 0 radical (unpaired) electrons. The van der Waals surface area contributed by atoms with Crippen LogP contribution in [-0.2, 0) is 19.1 Å². The summed E-state index contributed by atoms with van der Waals surface area (Å²) < 4.78 is 4.36. The molecule has 2 rings (SSSR count). The summed E-state index contributed by atoms with van der Waals surface area (Å²) in [6, 6.07) is 0. The van der Waals surface area contributed by atoms with Crippen LogP contribution in [-0.4, -0.2) is 47.5 Å². The number of ether oxygens (including phenoxy) is 1. The summed E-state index contributed by atoms with van der Waals surface area (Å²) in [4.78, 5) is 36.1. The molecule has 0 aromatic heterocycles. The molecule has 1 N–H and O–H groups in total. The topological polar surface area (TPSA) is 83.9 Å². The van der Waals surface area contributed by atoms with E-state index >= 15 is 0 Å². The Balaban J connectivity index is 2.09. The fourth-order valence-corrected chi connectivity index (χ4v) is 2.43. The fraction of sp³-hybridized carbons (Fsp3) is 0.583. The molecule has 18 heavy (non-hydrogen) atoms. The minimum absolute atomic E-state index is 0.308. The molecule has 2 amide bonds. The van der Waals surface area contributed by atoms with Gasteiger partial charge in [0.1, 0.15) is 0 Å². The third-order valence-corrected chi connectivity index (χ3v) is 3.43. The van der Waals surface area contributed by atoms with Gasteiger partial charge in [-0.05, 0) is 12.8 Å². The maximum atomic E-state index is 12.0. The SMILES string of the molecule is COC(=O)C(O)CN1C(=O)C2CC=CCC2C1=O. The van der Waals surface area contributed by atoms with Crippen molar-refractivity contribution in [3.63, 3.8) is 0 Å². The first-order chi connectivity index (χ1) is 8.56. The van der Waals surface area contributed by atoms with Crippen LogP contribution in [0.25, 0.3) is 0 Å². The monoisotopic (exact) mass is 253 g/mol. The van der Waals surface area contributed by atoms with Crippen LogP contribution in [0.1, 0.15) is 12.8 Å². The number of carbonyl (C=O) groups is 3. The number of rotatable bonds is 3. The average molecular weight is 253 g/mol. The molecular formula is C12H15NO5. The van der Waals surface area contributed by atoms with Gasteiger partial charge in [0.25, 0.3) is 0 Å². The molecular weight excluding hydrogens is 238 g/mol. The lowest BCUT2D eigenvalue weighted by Gasteiger charge is -2.17. The summed E-state index contributed by atoms with van der Waals surface area (Å²) in [6.45, 7) is -0.322. The number of esters is 1. The number of fused-ring (bicyclic) bond motifs is 1. The van der Waals surface area contributed by atoms with Crippen molar-refractivity contribution in [2.45, 2.75) is 18.9 Å². The standard InChI is InChI=1S/C12H15NO5/c1-18-12(17)9(14)6-13-10(15)7-4-2-3-5-8(7)11(13)16/h2-3,7-9,14H,4-6H2,1H3. The van der Waals surface area contributed by atoms with E-state index in [1.54, 1.807) is 0 Å². The van der Waals surface area contributed by atoms with Gasteiger partial charge in [0.05, 0.1) is 25.5 Å². The molecule has 98 valence electrons. The lowest BCUT2D eigenvalue weighted by molar-refractivity contribution is -0.153. The Morgan fingerprint density at radius 3 is 2.33 bits per heavy atom. The molecule has 1 aliphatic heterocycles. The highest BCUT2D eigenvalue weighted by molar-refractivity contribution is 6.05. The number of carbonyl (C=O) groups excluding carboxylic acids is 3. The van der Waals surface area contributed by atoms with Gasteiger partial charge in [0.15, 0.2) is 6.10 Å². The van der Waals surface area contributed by atoms with Gasteiger partial charge in [-0.1, -0.05) is 12.2 Å². The first-order valence-corrected chi connectivity index (χ1v) is 5.82. The Kier molecular flexibility index (Phi) is 3.47. The van der Waals surface area contributed by atoms with Crippen LogP contribution in [0.3, 0.4) is 0 Å². The maximum Gasteiger partial charge on any atom is 0.336 e. The molecule has 0 saturated carbocycles. The molecule has 3 unspecified atom stereocenters. The molecule has 2 aliphatic rings. The third kappa shape index (κ3) is 2.03. The van der Waals surface area contributed by atoms with Gasteiger partial charge >= 0.3 is 5.97 Å². The third-order valence-electron chi connectivity index (χ3n) is 3.43. The fourth-order valence-electron chi connectivity index (χ4n) is 2.43. The second-order valence-corrected chi connectivity index (χ2v) is 4.48. The van der Waals surface area contributed by atoms with E-state index < -0.39 is 12.1 Å². The van der Waals surface area contributed by atoms with Crippen molar-refractivity contribution in [3.8, 4) is 0 Å². The highest BCUT2D eigenvalue weighted by Gasteiger charge is 2.47. The van der Waals surface area contributed by atoms with E-state index in [9.17, 15) is 19.5 Å². The van der Waals surface area contributed by atoms with Gasteiger partial charge in [-0.25, -0.2) is 4.79 Å². The lowest BCUT2D eigenvalue weighted by atomic mass is 9.85. The van der Waals surface area contributed by atoms with Crippen molar-refractivity contribution in [2.75, 3.05) is 13.7 Å². The second kappa shape index (κ2) is 4.89. The van der Waals surface area contributed by atoms with Crippen LogP contribution in [0.15, 0.2) is 12.2 Å². The Labute approximate surface area is 104 Å². The van der Waals surface area contributed by atoms with E-state index in [0.717, 1.165) is 12.0 Å². The van der Waals surface area contributed by atoms with Crippen molar-refractivity contribution >= 4 is 17.8 Å². The summed E-state index contributed by atoms with van der Waals surface area (Å²) in [5.41, 5.74) is 0. The van der Waals surface area contributed by atoms with Crippen molar-refractivity contribution in [3.05, 3.63) is 12.2 Å². The highest BCUT2D eigenvalue weighted by Crippen LogP contribution is 2.34. The van der Waals surface area contributed by atoms with Crippen LogP contribution >= 0.6 is 0 Å². The smallest absolute Gasteiger partial charge is 0.336 e. The largest absolute Gasteiger partial charge is 0.467 e. The minimum atomic E-state index is -1.48. The quantitative estimate of drug-likeness (QED) is 0.415.